The molecule has 2 N–H and O–H groups in total. The minimum absolute atomic E-state index is 0.0709. The van der Waals surface area contributed by atoms with Gasteiger partial charge in [0.25, 0.3) is 0 Å². The maximum atomic E-state index is 13.3. The lowest BCUT2D eigenvalue weighted by Crippen LogP contribution is -2.42. The van der Waals surface area contributed by atoms with Gasteiger partial charge in [-0.2, -0.15) is 0 Å². The van der Waals surface area contributed by atoms with Crippen LogP contribution in [0, 0.1) is 5.82 Å². The van der Waals surface area contributed by atoms with Gasteiger partial charge in [-0.1, -0.05) is 12.1 Å². The summed E-state index contributed by atoms with van der Waals surface area (Å²) in [7, 11) is 0. The monoisotopic (exact) mass is 269 g/mol. The van der Waals surface area contributed by atoms with Crippen LogP contribution in [0.15, 0.2) is 24.3 Å². The highest BCUT2D eigenvalue weighted by Gasteiger charge is 2.15. The highest BCUT2D eigenvalue weighted by molar-refractivity contribution is 5.23. The summed E-state index contributed by atoms with van der Waals surface area (Å²) in [6, 6.07) is 6.46. The average Bonchev–Trinajstić information content (AvgIpc) is 2.45. The Kier molecular flexibility index (Phi) is 5.57. The van der Waals surface area contributed by atoms with Gasteiger partial charge in [-0.3, -0.25) is 0 Å². The van der Waals surface area contributed by atoms with Crippen molar-refractivity contribution in [2.45, 2.75) is 25.0 Å². The van der Waals surface area contributed by atoms with Gasteiger partial charge in [0.05, 0.1) is 6.61 Å². The number of aliphatic hydroxyl groups excluding tert-OH is 1. The normalized spacial score (nSPS) is 21.1. The molecular weight excluding hydrogens is 249 g/mol. The van der Waals surface area contributed by atoms with E-state index in [1.54, 1.807) is 18.2 Å². The zero-order valence-electron chi connectivity index (χ0n) is 10.8. The Morgan fingerprint density at radius 3 is 3.05 bits per heavy atom. The Morgan fingerprint density at radius 1 is 1.47 bits per heavy atom. The number of hydrogen-bond donors (Lipinski definition) is 2. The highest BCUT2D eigenvalue weighted by atomic mass is 19.1. The molecule has 2 unspecified atom stereocenters. The maximum Gasteiger partial charge on any atom is 0.165 e. The van der Waals surface area contributed by atoms with Crippen LogP contribution in [-0.4, -0.2) is 43.6 Å². The zero-order chi connectivity index (χ0) is 13.5. The van der Waals surface area contributed by atoms with Gasteiger partial charge in [-0.15, -0.1) is 0 Å². The molecule has 0 saturated carbocycles. The molecule has 106 valence electrons. The Balaban J connectivity index is 1.66. The van der Waals surface area contributed by atoms with Crippen molar-refractivity contribution in [3.8, 4) is 5.75 Å². The van der Waals surface area contributed by atoms with Gasteiger partial charge < -0.3 is 19.9 Å². The molecule has 19 heavy (non-hydrogen) atoms. The van der Waals surface area contributed by atoms with Crippen molar-refractivity contribution in [3.05, 3.63) is 30.1 Å². The second kappa shape index (κ2) is 7.43. The molecule has 1 heterocycles. The van der Waals surface area contributed by atoms with E-state index in [-0.39, 0.29) is 18.4 Å². The maximum absolute atomic E-state index is 13.3. The van der Waals surface area contributed by atoms with Gasteiger partial charge >= 0.3 is 0 Å². The van der Waals surface area contributed by atoms with Crippen molar-refractivity contribution in [1.29, 1.82) is 0 Å². The third-order valence-corrected chi connectivity index (χ3v) is 3.07. The summed E-state index contributed by atoms with van der Waals surface area (Å²) in [6.45, 7) is 1.99. The van der Waals surface area contributed by atoms with Crippen molar-refractivity contribution in [2.75, 3.05) is 26.4 Å². The van der Waals surface area contributed by atoms with Crippen LogP contribution in [0.25, 0.3) is 0 Å². The predicted octanol–water partition coefficient (Wildman–Crippen LogP) is 1.33. The molecule has 1 fully saturated rings. The molecule has 2 rings (SSSR count). The van der Waals surface area contributed by atoms with Crippen LogP contribution in [0.5, 0.6) is 5.75 Å². The first-order chi connectivity index (χ1) is 9.25. The topological polar surface area (TPSA) is 50.7 Å². The fourth-order valence-electron chi connectivity index (χ4n) is 2.01. The molecule has 5 heteroatoms. The van der Waals surface area contributed by atoms with Crippen LogP contribution in [0.4, 0.5) is 4.39 Å². The van der Waals surface area contributed by atoms with E-state index in [1.807, 2.05) is 0 Å². The van der Waals surface area contributed by atoms with Gasteiger partial charge in [-0.25, -0.2) is 4.39 Å². The summed E-state index contributed by atoms with van der Waals surface area (Å²) in [5.74, 6) is -0.245. The van der Waals surface area contributed by atoms with Crippen molar-refractivity contribution in [2.24, 2.45) is 0 Å². The molecular formula is C14H20FNO3. The summed E-state index contributed by atoms with van der Waals surface area (Å²) in [5, 5.41) is 13.0. The predicted molar refractivity (Wildman–Crippen MR) is 69.7 cm³/mol. The lowest BCUT2D eigenvalue weighted by molar-refractivity contribution is 0.0568. The van der Waals surface area contributed by atoms with Crippen LogP contribution < -0.4 is 10.1 Å². The summed E-state index contributed by atoms with van der Waals surface area (Å²) in [6.07, 6.45) is 1.43. The van der Waals surface area contributed by atoms with Crippen LogP contribution >= 0.6 is 0 Å². The molecule has 2 atom stereocenters. The molecule has 1 aliphatic heterocycles. The number of benzene rings is 1. The number of hydrogen-bond acceptors (Lipinski definition) is 4. The molecule has 0 amide bonds. The van der Waals surface area contributed by atoms with E-state index in [9.17, 15) is 9.50 Å². The SMILES string of the molecule is OC(CNC1CCCOC1)COc1ccccc1F. The van der Waals surface area contributed by atoms with E-state index >= 15 is 0 Å². The number of nitrogens with one attached hydrogen (secondary N) is 1. The largest absolute Gasteiger partial charge is 0.488 e. The Morgan fingerprint density at radius 2 is 2.32 bits per heavy atom. The molecule has 1 saturated heterocycles. The molecule has 0 aromatic heterocycles. The van der Waals surface area contributed by atoms with E-state index in [0.29, 0.717) is 13.2 Å². The van der Waals surface area contributed by atoms with Crippen molar-refractivity contribution in [3.63, 3.8) is 0 Å². The van der Waals surface area contributed by atoms with Crippen molar-refractivity contribution >= 4 is 0 Å². The Labute approximate surface area is 112 Å². The second-order valence-corrected chi connectivity index (χ2v) is 4.72. The lowest BCUT2D eigenvalue weighted by atomic mass is 10.1. The molecule has 1 aromatic rings. The first-order valence-corrected chi connectivity index (χ1v) is 6.62. The molecule has 1 aliphatic rings. The van der Waals surface area contributed by atoms with E-state index < -0.39 is 11.9 Å². The fourth-order valence-corrected chi connectivity index (χ4v) is 2.01. The molecule has 0 radical (unpaired) electrons. The molecule has 0 spiro atoms. The first-order valence-electron chi connectivity index (χ1n) is 6.62. The fraction of sp³-hybridized carbons (Fsp3) is 0.571. The van der Waals surface area contributed by atoms with Gasteiger partial charge in [-0.05, 0) is 25.0 Å². The number of aliphatic hydroxyl groups is 1. The van der Waals surface area contributed by atoms with Crippen LogP contribution in [0.2, 0.25) is 0 Å². The summed E-state index contributed by atoms with van der Waals surface area (Å²) >= 11 is 0. The van der Waals surface area contributed by atoms with E-state index in [0.717, 1.165) is 19.4 Å². The van der Waals surface area contributed by atoms with Gasteiger partial charge in [0.1, 0.15) is 12.7 Å². The molecule has 0 bridgehead atoms. The average molecular weight is 269 g/mol. The van der Waals surface area contributed by atoms with Crippen LogP contribution in [0.3, 0.4) is 0 Å². The van der Waals surface area contributed by atoms with Gasteiger partial charge in [0.15, 0.2) is 11.6 Å². The summed E-state index contributed by atoms with van der Waals surface area (Å²) in [5.41, 5.74) is 0. The van der Waals surface area contributed by atoms with Gasteiger partial charge in [0, 0.05) is 19.2 Å². The second-order valence-electron chi connectivity index (χ2n) is 4.72. The van der Waals surface area contributed by atoms with Crippen LogP contribution in [-0.2, 0) is 4.74 Å². The third kappa shape index (κ3) is 4.78. The van der Waals surface area contributed by atoms with Crippen LogP contribution in [0.1, 0.15) is 12.8 Å². The van der Waals surface area contributed by atoms with Crippen molar-refractivity contribution < 1.29 is 19.0 Å². The molecule has 1 aromatic carbocycles. The number of halogens is 1. The lowest BCUT2D eigenvalue weighted by Gasteiger charge is -2.24. The summed E-state index contributed by atoms with van der Waals surface area (Å²) in [4.78, 5) is 0. The Hall–Kier alpha value is -1.17. The Bertz CT molecular complexity index is 383. The minimum atomic E-state index is -0.665. The van der Waals surface area contributed by atoms with E-state index in [1.165, 1.54) is 6.07 Å². The quantitative estimate of drug-likeness (QED) is 0.818. The highest BCUT2D eigenvalue weighted by Crippen LogP contribution is 2.15. The number of rotatable bonds is 6. The summed E-state index contributed by atoms with van der Waals surface area (Å²) < 4.78 is 23.9. The zero-order valence-corrected chi connectivity index (χ0v) is 10.8. The minimum Gasteiger partial charge on any atom is -0.488 e. The number of ether oxygens (including phenoxy) is 2. The first kappa shape index (κ1) is 14.2. The molecule has 4 nitrogen and oxygen atoms in total. The van der Waals surface area contributed by atoms with E-state index in [4.69, 9.17) is 9.47 Å². The van der Waals surface area contributed by atoms with Gasteiger partial charge in [0.2, 0.25) is 0 Å². The number of para-hydroxylation sites is 1. The molecule has 0 aliphatic carbocycles. The van der Waals surface area contributed by atoms with E-state index in [2.05, 4.69) is 5.32 Å². The standard InChI is InChI=1S/C14H20FNO3/c15-13-5-1-2-6-14(13)19-10-12(17)8-16-11-4-3-7-18-9-11/h1-2,5-6,11-12,16-17H,3-4,7-10H2. The smallest absolute Gasteiger partial charge is 0.165 e. The third-order valence-electron chi connectivity index (χ3n) is 3.07. The van der Waals surface area contributed by atoms with Crippen molar-refractivity contribution in [1.82, 2.24) is 5.32 Å².